The number of hydrogen-bond donors (Lipinski definition) is 0. The fourth-order valence-electron chi connectivity index (χ4n) is 0.856. The first-order chi connectivity index (χ1) is 4.88. The molecule has 0 bridgehead atoms. The molecule has 1 rings (SSSR count). The van der Waals surface area contributed by atoms with E-state index in [1.165, 1.54) is 5.56 Å². The molecule has 0 N–H and O–H groups in total. The van der Waals surface area contributed by atoms with Crippen molar-refractivity contribution in [2.24, 2.45) is 0 Å². The second-order valence-corrected chi connectivity index (χ2v) is 2.25. The van der Waals surface area contributed by atoms with Crippen molar-refractivity contribution in [2.75, 3.05) is 0 Å². The summed E-state index contributed by atoms with van der Waals surface area (Å²) < 4.78 is 0. The average molecular weight is 151 g/mol. The van der Waals surface area contributed by atoms with Crippen LogP contribution in [0.15, 0.2) is 18.3 Å². The van der Waals surface area contributed by atoms with Gasteiger partial charge in [0.25, 0.3) is 0 Å². The largest absolute Gasteiger partial charge is 0.256 e. The Morgan fingerprint density at radius 1 is 1.70 bits per heavy atom. The van der Waals surface area contributed by atoms with E-state index in [0.29, 0.717) is 0 Å². The maximum Gasteiger partial charge on any atom is 0.0768 e. The quantitative estimate of drug-likeness (QED) is 0.599. The Balaban J connectivity index is 3.08. The maximum atomic E-state index is 4.78. The third-order valence-corrected chi connectivity index (χ3v) is 1.64. The van der Waals surface area contributed by atoms with Gasteiger partial charge in [0.05, 0.1) is 5.69 Å². The first-order valence-electron chi connectivity index (χ1n) is 3.27. The van der Waals surface area contributed by atoms with E-state index in [1.54, 1.807) is 11.6 Å². The van der Waals surface area contributed by atoms with E-state index in [9.17, 15) is 0 Å². The van der Waals surface area contributed by atoms with E-state index in [-0.39, 0.29) is 0 Å². The van der Waals surface area contributed by atoms with Gasteiger partial charge in [-0.1, -0.05) is 25.2 Å². The Morgan fingerprint density at radius 2 is 2.50 bits per heavy atom. The lowest BCUT2D eigenvalue weighted by molar-refractivity contribution is 1.10. The zero-order valence-electron chi connectivity index (χ0n) is 5.87. The van der Waals surface area contributed by atoms with Crippen molar-refractivity contribution in [2.45, 2.75) is 13.3 Å². The summed E-state index contributed by atoms with van der Waals surface area (Å²) in [5.41, 5.74) is 2.15. The first-order valence-corrected chi connectivity index (χ1v) is 3.74. The predicted molar refractivity (Wildman–Crippen MR) is 46.4 cm³/mol. The van der Waals surface area contributed by atoms with Crippen LogP contribution in [0.25, 0.3) is 0 Å². The molecule has 2 heteroatoms. The second kappa shape index (κ2) is 3.42. The van der Waals surface area contributed by atoms with Crippen LogP contribution in [0.5, 0.6) is 0 Å². The van der Waals surface area contributed by atoms with Gasteiger partial charge in [-0.3, -0.25) is 4.98 Å². The summed E-state index contributed by atoms with van der Waals surface area (Å²) in [6.07, 6.45) is 2.76. The minimum Gasteiger partial charge on any atom is -0.256 e. The summed E-state index contributed by atoms with van der Waals surface area (Å²) >= 11 is 4.78. The second-order valence-electron chi connectivity index (χ2n) is 2.02. The molecule has 0 aliphatic heterocycles. The number of thiocarbonyl (C=S) groups is 1. The minimum atomic E-state index is 0.931. The van der Waals surface area contributed by atoms with Gasteiger partial charge >= 0.3 is 0 Å². The van der Waals surface area contributed by atoms with Gasteiger partial charge in [0, 0.05) is 11.6 Å². The molecule has 0 aliphatic rings. The van der Waals surface area contributed by atoms with Crippen molar-refractivity contribution in [1.29, 1.82) is 0 Å². The van der Waals surface area contributed by atoms with Crippen molar-refractivity contribution < 1.29 is 0 Å². The Labute approximate surface area is 66.1 Å². The summed E-state index contributed by atoms with van der Waals surface area (Å²) in [4.78, 5) is 4.11. The van der Waals surface area contributed by atoms with Gasteiger partial charge in [-0.25, -0.2) is 0 Å². The van der Waals surface area contributed by atoms with Gasteiger partial charge in [0.1, 0.15) is 0 Å². The van der Waals surface area contributed by atoms with Crippen LogP contribution < -0.4 is 0 Å². The Morgan fingerprint density at radius 3 is 3.00 bits per heavy atom. The van der Waals surface area contributed by atoms with Gasteiger partial charge in [-0.15, -0.1) is 0 Å². The van der Waals surface area contributed by atoms with E-state index in [1.807, 2.05) is 12.1 Å². The van der Waals surface area contributed by atoms with Crippen molar-refractivity contribution in [3.05, 3.63) is 29.6 Å². The highest BCUT2D eigenvalue weighted by Gasteiger charge is 1.94. The zero-order valence-corrected chi connectivity index (χ0v) is 6.69. The highest BCUT2D eigenvalue weighted by Crippen LogP contribution is 2.02. The molecular formula is C8H9NS. The molecule has 1 heterocycles. The molecule has 0 atom stereocenters. The maximum absolute atomic E-state index is 4.78. The standard InChI is InChI=1S/C8H9NS/c1-2-7-4-3-5-9-8(7)6-10/h3-6H,2H2,1H3. The molecule has 0 amide bonds. The summed E-state index contributed by atoms with van der Waals surface area (Å²) in [6.45, 7) is 2.10. The Kier molecular flexibility index (Phi) is 2.51. The number of pyridine rings is 1. The molecule has 1 aromatic rings. The lowest BCUT2D eigenvalue weighted by Gasteiger charge is -1.97. The number of aromatic nitrogens is 1. The highest BCUT2D eigenvalue weighted by molar-refractivity contribution is 7.79. The predicted octanol–water partition coefficient (Wildman–Crippen LogP) is 1.99. The van der Waals surface area contributed by atoms with Gasteiger partial charge in [-0.2, -0.15) is 0 Å². The first kappa shape index (κ1) is 7.35. The molecule has 0 aromatic carbocycles. The summed E-state index contributed by atoms with van der Waals surface area (Å²) in [6, 6.07) is 3.98. The minimum absolute atomic E-state index is 0.931. The van der Waals surface area contributed by atoms with Crippen molar-refractivity contribution in [1.82, 2.24) is 4.98 Å². The van der Waals surface area contributed by atoms with Crippen LogP contribution in [0, 0.1) is 0 Å². The molecule has 0 saturated carbocycles. The zero-order chi connectivity index (χ0) is 7.40. The van der Waals surface area contributed by atoms with Crippen LogP contribution in [0.1, 0.15) is 18.2 Å². The van der Waals surface area contributed by atoms with Gasteiger partial charge < -0.3 is 0 Å². The van der Waals surface area contributed by atoms with Crippen LogP contribution in [-0.2, 0) is 6.42 Å². The summed E-state index contributed by atoms with van der Waals surface area (Å²) in [5.74, 6) is 0. The van der Waals surface area contributed by atoms with Crippen LogP contribution in [-0.4, -0.2) is 10.4 Å². The molecule has 52 valence electrons. The fourth-order valence-corrected chi connectivity index (χ4v) is 1.07. The molecular weight excluding hydrogens is 142 g/mol. The molecule has 0 aliphatic carbocycles. The topological polar surface area (TPSA) is 12.9 Å². The third-order valence-electron chi connectivity index (χ3n) is 1.42. The average Bonchev–Trinajstić information content (AvgIpc) is 2.04. The van der Waals surface area contributed by atoms with Crippen LogP contribution >= 0.6 is 12.2 Å². The summed E-state index contributed by atoms with van der Waals surface area (Å²) in [7, 11) is 0. The van der Waals surface area contributed by atoms with Crippen LogP contribution in [0.3, 0.4) is 0 Å². The SMILES string of the molecule is CCc1cccnc1C=S. The lowest BCUT2D eigenvalue weighted by atomic mass is 10.1. The molecule has 1 nitrogen and oxygen atoms in total. The van der Waals surface area contributed by atoms with E-state index >= 15 is 0 Å². The number of aryl methyl sites for hydroxylation is 1. The molecule has 1 aromatic heterocycles. The summed E-state index contributed by atoms with van der Waals surface area (Å²) in [5, 5.41) is 1.62. The van der Waals surface area contributed by atoms with Gasteiger partial charge in [0.15, 0.2) is 0 Å². The Bertz CT molecular complexity index is 232. The monoisotopic (exact) mass is 151 g/mol. The van der Waals surface area contributed by atoms with E-state index in [2.05, 4.69) is 11.9 Å². The molecule has 0 fully saturated rings. The van der Waals surface area contributed by atoms with Crippen molar-refractivity contribution in [3.8, 4) is 0 Å². The number of rotatable bonds is 2. The molecule has 0 radical (unpaired) electrons. The van der Waals surface area contributed by atoms with Crippen molar-refractivity contribution >= 4 is 17.6 Å². The van der Waals surface area contributed by atoms with Crippen LogP contribution in [0.2, 0.25) is 0 Å². The van der Waals surface area contributed by atoms with Gasteiger partial charge in [-0.05, 0) is 18.1 Å². The third kappa shape index (κ3) is 1.39. The number of hydrogen-bond acceptors (Lipinski definition) is 2. The lowest BCUT2D eigenvalue weighted by Crippen LogP contribution is -1.92. The molecule has 0 spiro atoms. The smallest absolute Gasteiger partial charge is 0.0768 e. The molecule has 0 unspecified atom stereocenters. The van der Waals surface area contributed by atoms with E-state index < -0.39 is 0 Å². The number of nitrogens with zero attached hydrogens (tertiary/aromatic N) is 1. The van der Waals surface area contributed by atoms with Crippen LogP contribution in [0.4, 0.5) is 0 Å². The normalized spacial score (nSPS) is 9.30. The van der Waals surface area contributed by atoms with E-state index in [0.717, 1.165) is 12.1 Å². The molecule has 10 heavy (non-hydrogen) atoms. The molecule has 0 saturated heterocycles. The Hall–Kier alpha value is -0.760. The van der Waals surface area contributed by atoms with Crippen molar-refractivity contribution in [3.63, 3.8) is 0 Å². The van der Waals surface area contributed by atoms with E-state index in [4.69, 9.17) is 12.2 Å². The fraction of sp³-hybridized carbons (Fsp3) is 0.250. The highest BCUT2D eigenvalue weighted by atomic mass is 32.1. The van der Waals surface area contributed by atoms with Gasteiger partial charge in [0.2, 0.25) is 0 Å².